The zero-order chi connectivity index (χ0) is 15.4. The second-order valence-electron chi connectivity index (χ2n) is 5.15. The number of benzene rings is 1. The van der Waals surface area contributed by atoms with E-state index in [4.69, 9.17) is 9.47 Å². The van der Waals surface area contributed by atoms with Crippen molar-refractivity contribution >= 4 is 11.9 Å². The molecule has 2 rings (SSSR count). The van der Waals surface area contributed by atoms with E-state index < -0.39 is 6.04 Å². The van der Waals surface area contributed by atoms with Gasteiger partial charge in [0.25, 0.3) is 5.91 Å². The molecule has 1 aromatic carbocycles. The molecule has 0 N–H and O–H groups in total. The Labute approximate surface area is 124 Å². The predicted octanol–water partition coefficient (Wildman–Crippen LogP) is 2.04. The van der Waals surface area contributed by atoms with E-state index in [1.54, 1.807) is 18.1 Å². The molecule has 5 nitrogen and oxygen atoms in total. The molecule has 21 heavy (non-hydrogen) atoms. The van der Waals surface area contributed by atoms with Crippen LogP contribution in [0, 0.1) is 0 Å². The Morgan fingerprint density at radius 2 is 2.05 bits per heavy atom. The zero-order valence-electron chi connectivity index (χ0n) is 12.7. The fraction of sp³-hybridized carbons (Fsp3) is 0.500. The summed E-state index contributed by atoms with van der Waals surface area (Å²) in [6, 6.07) is 5.08. The van der Waals surface area contributed by atoms with E-state index in [0.29, 0.717) is 24.3 Å². The van der Waals surface area contributed by atoms with Crippen LogP contribution in [-0.2, 0) is 16.0 Å². The number of carbonyl (C=O) groups excluding carboxylic acids is 2. The largest absolute Gasteiger partial charge is 0.497 e. The molecule has 1 amide bonds. The summed E-state index contributed by atoms with van der Waals surface area (Å²) in [7, 11) is 2.93. The second kappa shape index (κ2) is 6.61. The monoisotopic (exact) mass is 291 g/mol. The fourth-order valence-corrected chi connectivity index (χ4v) is 2.51. The summed E-state index contributed by atoms with van der Waals surface area (Å²) in [5.74, 6) is 0.165. The Balaban J connectivity index is 2.22. The lowest BCUT2D eigenvalue weighted by molar-refractivity contribution is -0.149. The molecule has 0 aromatic heterocycles. The minimum absolute atomic E-state index is 0.145. The number of hydrogen-bond acceptors (Lipinski definition) is 4. The summed E-state index contributed by atoms with van der Waals surface area (Å²) in [6.45, 7) is 2.67. The summed E-state index contributed by atoms with van der Waals surface area (Å²) in [6.07, 6.45) is 2.54. The van der Waals surface area contributed by atoms with Crippen LogP contribution >= 0.6 is 0 Å². The molecule has 1 saturated heterocycles. The number of methoxy groups -OCH3 is 2. The SMILES string of the molecule is CCCc1cc(OC)cc(C(=O)N2CC[C@@H]2C(=O)OC)c1. The van der Waals surface area contributed by atoms with Gasteiger partial charge in [-0.3, -0.25) is 4.79 Å². The average Bonchev–Trinajstić information content (AvgIpc) is 2.45. The first kappa shape index (κ1) is 15.4. The van der Waals surface area contributed by atoms with Crippen LogP contribution < -0.4 is 4.74 Å². The lowest BCUT2D eigenvalue weighted by Gasteiger charge is -2.38. The van der Waals surface area contributed by atoms with Crippen LogP contribution in [0.3, 0.4) is 0 Å². The summed E-state index contributed by atoms with van der Waals surface area (Å²) < 4.78 is 9.98. The summed E-state index contributed by atoms with van der Waals surface area (Å²) in [4.78, 5) is 25.7. The van der Waals surface area contributed by atoms with Gasteiger partial charge in [-0.15, -0.1) is 0 Å². The highest BCUT2D eigenvalue weighted by Crippen LogP contribution is 2.25. The molecule has 1 heterocycles. The second-order valence-corrected chi connectivity index (χ2v) is 5.15. The third kappa shape index (κ3) is 3.17. The first-order chi connectivity index (χ1) is 10.1. The van der Waals surface area contributed by atoms with Gasteiger partial charge >= 0.3 is 5.97 Å². The first-order valence-electron chi connectivity index (χ1n) is 7.17. The van der Waals surface area contributed by atoms with Gasteiger partial charge in [0.05, 0.1) is 14.2 Å². The third-order valence-corrected chi connectivity index (χ3v) is 3.74. The van der Waals surface area contributed by atoms with Crippen molar-refractivity contribution in [3.8, 4) is 5.75 Å². The molecule has 0 aliphatic carbocycles. The minimum atomic E-state index is -0.455. The maximum Gasteiger partial charge on any atom is 0.328 e. The number of hydrogen-bond donors (Lipinski definition) is 0. The van der Waals surface area contributed by atoms with Gasteiger partial charge < -0.3 is 14.4 Å². The van der Waals surface area contributed by atoms with Crippen molar-refractivity contribution in [2.45, 2.75) is 32.2 Å². The van der Waals surface area contributed by atoms with Crippen molar-refractivity contribution < 1.29 is 19.1 Å². The smallest absolute Gasteiger partial charge is 0.328 e. The number of nitrogens with zero attached hydrogens (tertiary/aromatic N) is 1. The Kier molecular flexibility index (Phi) is 4.83. The van der Waals surface area contributed by atoms with Crippen LogP contribution in [0.4, 0.5) is 0 Å². The van der Waals surface area contributed by atoms with Crippen molar-refractivity contribution in [1.29, 1.82) is 0 Å². The number of esters is 1. The van der Waals surface area contributed by atoms with Crippen LogP contribution in [0.2, 0.25) is 0 Å². The van der Waals surface area contributed by atoms with Crippen LogP contribution in [-0.4, -0.2) is 43.6 Å². The minimum Gasteiger partial charge on any atom is -0.497 e. The molecule has 1 fully saturated rings. The highest BCUT2D eigenvalue weighted by molar-refractivity contribution is 5.98. The molecule has 5 heteroatoms. The third-order valence-electron chi connectivity index (χ3n) is 3.74. The number of rotatable bonds is 5. The van der Waals surface area contributed by atoms with Gasteiger partial charge in [-0.1, -0.05) is 13.3 Å². The lowest BCUT2D eigenvalue weighted by Crippen LogP contribution is -2.55. The van der Waals surface area contributed by atoms with Gasteiger partial charge in [0.1, 0.15) is 11.8 Å². The quantitative estimate of drug-likeness (QED) is 0.779. The van der Waals surface area contributed by atoms with Crippen molar-refractivity contribution in [2.24, 2.45) is 0 Å². The van der Waals surface area contributed by atoms with Gasteiger partial charge in [-0.25, -0.2) is 4.79 Å². The average molecular weight is 291 g/mol. The molecule has 0 bridgehead atoms. The van der Waals surface area contributed by atoms with Crippen LogP contribution in [0.1, 0.15) is 35.7 Å². The molecule has 1 atom stereocenters. The normalized spacial score (nSPS) is 17.1. The Hall–Kier alpha value is -2.04. The molecular formula is C16H21NO4. The van der Waals surface area contributed by atoms with E-state index in [0.717, 1.165) is 18.4 Å². The molecule has 1 aliphatic rings. The number of carbonyl (C=O) groups is 2. The van der Waals surface area contributed by atoms with Gasteiger partial charge in [0.2, 0.25) is 0 Å². The van der Waals surface area contributed by atoms with Crippen molar-refractivity contribution in [3.05, 3.63) is 29.3 Å². The fourth-order valence-electron chi connectivity index (χ4n) is 2.51. The summed E-state index contributed by atoms with van der Waals surface area (Å²) >= 11 is 0. The van der Waals surface area contributed by atoms with E-state index >= 15 is 0 Å². The predicted molar refractivity (Wildman–Crippen MR) is 78.4 cm³/mol. The van der Waals surface area contributed by atoms with Gasteiger partial charge in [0, 0.05) is 12.1 Å². The molecule has 114 valence electrons. The molecule has 0 spiro atoms. The lowest BCUT2D eigenvalue weighted by atomic mass is 9.99. The summed E-state index contributed by atoms with van der Waals surface area (Å²) in [5, 5.41) is 0. The van der Waals surface area contributed by atoms with Gasteiger partial charge in [-0.05, 0) is 36.6 Å². The molecule has 1 aromatic rings. The van der Waals surface area contributed by atoms with E-state index in [2.05, 4.69) is 6.92 Å². The van der Waals surface area contributed by atoms with Crippen LogP contribution in [0.15, 0.2) is 18.2 Å². The molecule has 0 saturated carbocycles. The molecule has 0 radical (unpaired) electrons. The van der Waals surface area contributed by atoms with Gasteiger partial charge in [-0.2, -0.15) is 0 Å². The van der Waals surface area contributed by atoms with E-state index in [9.17, 15) is 9.59 Å². The highest BCUT2D eigenvalue weighted by Gasteiger charge is 2.38. The number of ether oxygens (including phenoxy) is 2. The van der Waals surface area contributed by atoms with E-state index in [-0.39, 0.29) is 11.9 Å². The topological polar surface area (TPSA) is 55.8 Å². The number of aryl methyl sites for hydroxylation is 1. The van der Waals surface area contributed by atoms with E-state index in [1.807, 2.05) is 12.1 Å². The Morgan fingerprint density at radius 1 is 1.29 bits per heavy atom. The van der Waals surface area contributed by atoms with E-state index in [1.165, 1.54) is 7.11 Å². The highest BCUT2D eigenvalue weighted by atomic mass is 16.5. The molecule has 1 aliphatic heterocycles. The first-order valence-corrected chi connectivity index (χ1v) is 7.17. The molecular weight excluding hydrogens is 270 g/mol. The Morgan fingerprint density at radius 3 is 2.57 bits per heavy atom. The van der Waals surface area contributed by atoms with Crippen molar-refractivity contribution in [3.63, 3.8) is 0 Å². The number of likely N-dealkylation sites (tertiary alicyclic amines) is 1. The van der Waals surface area contributed by atoms with Crippen molar-refractivity contribution in [1.82, 2.24) is 4.90 Å². The maximum atomic E-state index is 12.5. The van der Waals surface area contributed by atoms with Crippen LogP contribution in [0.25, 0.3) is 0 Å². The number of amides is 1. The summed E-state index contributed by atoms with van der Waals surface area (Å²) in [5.41, 5.74) is 1.63. The maximum absolute atomic E-state index is 12.5. The zero-order valence-corrected chi connectivity index (χ0v) is 12.7. The van der Waals surface area contributed by atoms with Crippen LogP contribution in [0.5, 0.6) is 5.75 Å². The van der Waals surface area contributed by atoms with Crippen molar-refractivity contribution in [2.75, 3.05) is 20.8 Å². The standard InChI is InChI=1S/C16H21NO4/c1-4-5-11-8-12(10-13(9-11)20-2)15(18)17-7-6-14(17)16(19)21-3/h8-10,14H,4-7H2,1-3H3/t14-/m1/s1. The molecule has 0 unspecified atom stereocenters. The Bertz CT molecular complexity index is 541. The van der Waals surface area contributed by atoms with Gasteiger partial charge in [0.15, 0.2) is 0 Å².